The van der Waals surface area contributed by atoms with Gasteiger partial charge in [-0.05, 0) is 44.5 Å². The molecule has 0 aromatic heterocycles. The molecule has 3 aromatic carbocycles. The summed E-state index contributed by atoms with van der Waals surface area (Å²) < 4.78 is 0. The van der Waals surface area contributed by atoms with Crippen molar-refractivity contribution in [3.8, 4) is 22.3 Å². The van der Waals surface area contributed by atoms with Crippen LogP contribution in [0.2, 0.25) is 0 Å². The molecule has 2 heteroatoms. The first-order valence-electron chi connectivity index (χ1n) is 7.17. The maximum Gasteiger partial charge on any atom is -0.00270 e. The van der Waals surface area contributed by atoms with E-state index in [-0.39, 0.29) is 0 Å². The molecule has 2 unspecified atom stereocenters. The average Bonchev–Trinajstić information content (AvgIpc) is 2.58. The van der Waals surface area contributed by atoms with Crippen molar-refractivity contribution in [2.24, 2.45) is 0 Å². The van der Waals surface area contributed by atoms with E-state index in [2.05, 4.69) is 79.7 Å². The molecule has 3 rings (SSSR count). The second-order valence-corrected chi connectivity index (χ2v) is 6.31. The molecule has 0 heterocycles. The summed E-state index contributed by atoms with van der Waals surface area (Å²) in [6.07, 6.45) is 1.91. The predicted octanol–water partition coefficient (Wildman–Crippen LogP) is 4.66. The van der Waals surface area contributed by atoms with Crippen molar-refractivity contribution in [1.82, 2.24) is 0 Å². The van der Waals surface area contributed by atoms with E-state index in [1.165, 1.54) is 32.9 Å². The van der Waals surface area contributed by atoms with E-state index in [0.717, 1.165) is 5.56 Å². The van der Waals surface area contributed by atoms with Crippen LogP contribution in [0.4, 0.5) is 0 Å². The highest BCUT2D eigenvalue weighted by atomic mass is 31.0. The summed E-state index contributed by atoms with van der Waals surface area (Å²) in [5.74, 6) is 0. The zero-order chi connectivity index (χ0) is 15.5. The molecule has 0 N–H and O–H groups in total. The molecule has 0 aliphatic rings. The molecule has 0 amide bonds. The third kappa shape index (κ3) is 2.78. The first-order chi connectivity index (χ1) is 10.7. The Hall–Kier alpha value is -1.74. The molecule has 0 spiro atoms. The van der Waals surface area contributed by atoms with Crippen molar-refractivity contribution in [1.29, 1.82) is 0 Å². The van der Waals surface area contributed by atoms with Crippen molar-refractivity contribution in [2.75, 3.05) is 0 Å². The van der Waals surface area contributed by atoms with Gasteiger partial charge in [-0.1, -0.05) is 73.3 Å². The van der Waals surface area contributed by atoms with E-state index < -0.39 is 0 Å². The molecule has 0 aliphatic heterocycles. The van der Waals surface area contributed by atoms with Crippen LogP contribution in [0.1, 0.15) is 5.56 Å². The fraction of sp³-hybridized carbons (Fsp3) is 0. The highest BCUT2D eigenvalue weighted by Crippen LogP contribution is 2.33. The minimum Gasteiger partial charge on any atom is -0.104 e. The first-order valence-corrected chi connectivity index (χ1v) is 8.33. The van der Waals surface area contributed by atoms with Gasteiger partial charge in [0.25, 0.3) is 0 Å². The summed E-state index contributed by atoms with van der Waals surface area (Å²) >= 11 is 0. The lowest BCUT2D eigenvalue weighted by Crippen LogP contribution is -2.18. The Balaban J connectivity index is 2.36. The predicted molar refractivity (Wildman–Crippen MR) is 106 cm³/mol. The van der Waals surface area contributed by atoms with Crippen LogP contribution in [0.5, 0.6) is 0 Å². The molecule has 0 bridgehead atoms. The minimum atomic E-state index is 1.15. The van der Waals surface area contributed by atoms with Crippen LogP contribution >= 0.6 is 18.5 Å². The quantitative estimate of drug-likeness (QED) is 0.616. The van der Waals surface area contributed by atoms with Crippen LogP contribution in [0.25, 0.3) is 28.3 Å². The van der Waals surface area contributed by atoms with Crippen LogP contribution < -0.4 is 10.6 Å². The Bertz CT molecular complexity index is 806. The Morgan fingerprint density at radius 1 is 0.727 bits per heavy atom. The third-order valence-electron chi connectivity index (χ3n) is 3.81. The van der Waals surface area contributed by atoms with E-state index in [4.69, 9.17) is 0 Å². The molecule has 108 valence electrons. The monoisotopic (exact) mass is 320 g/mol. The summed E-state index contributed by atoms with van der Waals surface area (Å²) in [5, 5.41) is 2.38. The summed E-state index contributed by atoms with van der Waals surface area (Å²) in [5.41, 5.74) is 6.09. The van der Waals surface area contributed by atoms with Crippen molar-refractivity contribution < 1.29 is 0 Å². The zero-order valence-electron chi connectivity index (χ0n) is 12.3. The molecule has 0 fully saturated rings. The van der Waals surface area contributed by atoms with Gasteiger partial charge in [-0.2, -0.15) is 0 Å². The Morgan fingerprint density at radius 2 is 1.27 bits per heavy atom. The number of rotatable bonds is 3. The topological polar surface area (TPSA) is 0 Å². The first kappa shape index (κ1) is 15.2. The summed E-state index contributed by atoms with van der Waals surface area (Å²) in [4.78, 5) is 0. The highest BCUT2D eigenvalue weighted by molar-refractivity contribution is 7.36. The van der Waals surface area contributed by atoms with Crippen molar-refractivity contribution >= 4 is 35.2 Å². The number of benzene rings is 3. The highest BCUT2D eigenvalue weighted by Gasteiger charge is 2.14. The molecule has 0 saturated heterocycles. The van der Waals surface area contributed by atoms with E-state index in [1.54, 1.807) is 0 Å². The van der Waals surface area contributed by atoms with Gasteiger partial charge in [0.15, 0.2) is 0 Å². The second-order valence-electron chi connectivity index (χ2n) is 5.15. The molecular formula is C20H18P2. The van der Waals surface area contributed by atoms with Crippen LogP contribution in [-0.4, -0.2) is 0 Å². The lowest BCUT2D eigenvalue weighted by atomic mass is 9.92. The van der Waals surface area contributed by atoms with Crippen LogP contribution in [0.15, 0.2) is 73.3 Å². The van der Waals surface area contributed by atoms with Gasteiger partial charge in [0.1, 0.15) is 0 Å². The molecule has 22 heavy (non-hydrogen) atoms. The summed E-state index contributed by atoms with van der Waals surface area (Å²) in [6, 6.07) is 23.3. The third-order valence-corrected chi connectivity index (χ3v) is 5.38. The molecular weight excluding hydrogens is 302 g/mol. The van der Waals surface area contributed by atoms with E-state index in [9.17, 15) is 0 Å². The zero-order valence-corrected chi connectivity index (χ0v) is 14.6. The SMILES string of the molecule is C=Cc1cc(-c2ccccc2)c(-c2ccccc2)c(P)c1P. The van der Waals surface area contributed by atoms with Gasteiger partial charge in [-0.25, -0.2) is 0 Å². The van der Waals surface area contributed by atoms with E-state index in [1.807, 2.05) is 18.2 Å². The molecule has 2 atom stereocenters. The van der Waals surface area contributed by atoms with Crippen molar-refractivity contribution in [2.45, 2.75) is 0 Å². The molecule has 0 nitrogen and oxygen atoms in total. The Labute approximate surface area is 136 Å². The van der Waals surface area contributed by atoms with Gasteiger partial charge < -0.3 is 0 Å². The fourth-order valence-corrected chi connectivity index (χ4v) is 3.51. The van der Waals surface area contributed by atoms with E-state index >= 15 is 0 Å². The van der Waals surface area contributed by atoms with Gasteiger partial charge in [0, 0.05) is 0 Å². The van der Waals surface area contributed by atoms with E-state index in [0.29, 0.717) is 0 Å². The smallest absolute Gasteiger partial charge is 0.00270 e. The summed E-state index contributed by atoms with van der Waals surface area (Å²) in [6.45, 7) is 3.95. The number of hydrogen-bond acceptors (Lipinski definition) is 0. The lowest BCUT2D eigenvalue weighted by Gasteiger charge is -2.18. The summed E-state index contributed by atoms with van der Waals surface area (Å²) in [7, 11) is 5.74. The van der Waals surface area contributed by atoms with Crippen molar-refractivity contribution in [3.63, 3.8) is 0 Å². The molecule has 3 aromatic rings. The largest absolute Gasteiger partial charge is 0.104 e. The van der Waals surface area contributed by atoms with Gasteiger partial charge >= 0.3 is 0 Å². The second kappa shape index (κ2) is 6.57. The fourth-order valence-electron chi connectivity index (χ4n) is 2.67. The normalized spacial score (nSPS) is 10.5. The molecule has 0 saturated carbocycles. The van der Waals surface area contributed by atoms with Gasteiger partial charge in [0.2, 0.25) is 0 Å². The maximum absolute atomic E-state index is 3.95. The maximum atomic E-state index is 3.95. The van der Waals surface area contributed by atoms with Crippen LogP contribution in [0, 0.1) is 0 Å². The number of hydrogen-bond donors (Lipinski definition) is 0. The standard InChI is InChI=1S/C20H18P2/c1-2-14-13-17(15-9-5-3-6-10-15)18(20(22)19(14)21)16-11-7-4-8-12-16/h2-13H,1,21-22H2. The van der Waals surface area contributed by atoms with Crippen molar-refractivity contribution in [3.05, 3.63) is 78.9 Å². The lowest BCUT2D eigenvalue weighted by molar-refractivity contribution is 1.61. The van der Waals surface area contributed by atoms with Gasteiger partial charge in [-0.15, -0.1) is 18.5 Å². The average molecular weight is 320 g/mol. The van der Waals surface area contributed by atoms with Gasteiger partial charge in [-0.3, -0.25) is 0 Å². The van der Waals surface area contributed by atoms with Crippen LogP contribution in [0.3, 0.4) is 0 Å². The minimum absolute atomic E-state index is 1.15. The Morgan fingerprint density at radius 3 is 1.82 bits per heavy atom. The van der Waals surface area contributed by atoms with Gasteiger partial charge in [0.05, 0.1) is 0 Å². The van der Waals surface area contributed by atoms with Crippen LogP contribution in [-0.2, 0) is 0 Å². The molecule has 0 aliphatic carbocycles. The molecule has 0 radical (unpaired) electrons. The Kier molecular flexibility index (Phi) is 4.53.